The zero-order valence-electron chi connectivity index (χ0n) is 15.6. The molecular weight excluding hydrogens is 376 g/mol. The number of anilines is 1. The van der Waals surface area contributed by atoms with Crippen molar-refractivity contribution in [1.29, 1.82) is 5.26 Å². The number of nitrogens with zero attached hydrogens (tertiary/aromatic N) is 4. The number of hydrogen-bond acceptors (Lipinski definition) is 5. The van der Waals surface area contributed by atoms with Gasteiger partial charge in [-0.3, -0.25) is 4.98 Å². The summed E-state index contributed by atoms with van der Waals surface area (Å²) in [4.78, 5) is 8.77. The number of halogens is 2. The molecular formula is C21H17F2N5O. The zero-order valence-corrected chi connectivity index (χ0v) is 15.6. The Labute approximate surface area is 165 Å². The third kappa shape index (κ3) is 3.67. The summed E-state index contributed by atoms with van der Waals surface area (Å²) in [6.45, 7) is 0.146. The van der Waals surface area contributed by atoms with Crippen molar-refractivity contribution >= 4 is 27.6 Å². The van der Waals surface area contributed by atoms with Gasteiger partial charge in [0.25, 0.3) is 0 Å². The molecule has 4 rings (SSSR count). The van der Waals surface area contributed by atoms with Gasteiger partial charge in [-0.1, -0.05) is 12.1 Å². The Balaban J connectivity index is 1.64. The van der Waals surface area contributed by atoms with Gasteiger partial charge in [0.2, 0.25) is 0 Å². The highest BCUT2D eigenvalue weighted by Gasteiger charge is 2.12. The Morgan fingerprint density at radius 2 is 2.03 bits per heavy atom. The van der Waals surface area contributed by atoms with Gasteiger partial charge in [-0.2, -0.15) is 14.0 Å². The van der Waals surface area contributed by atoms with Crippen LogP contribution >= 0.6 is 0 Å². The van der Waals surface area contributed by atoms with E-state index in [1.807, 2.05) is 31.2 Å². The van der Waals surface area contributed by atoms with Crippen molar-refractivity contribution in [2.24, 2.45) is 0 Å². The Hall–Kier alpha value is -3.73. The van der Waals surface area contributed by atoms with E-state index >= 15 is 0 Å². The van der Waals surface area contributed by atoms with Gasteiger partial charge >= 0.3 is 6.61 Å². The number of aryl methyl sites for hydroxylation is 1. The average molecular weight is 393 g/mol. The second-order valence-corrected chi connectivity index (χ2v) is 6.44. The van der Waals surface area contributed by atoms with Crippen LogP contribution in [0.15, 0.2) is 48.7 Å². The Morgan fingerprint density at radius 3 is 2.83 bits per heavy atom. The van der Waals surface area contributed by atoms with Gasteiger partial charge in [0, 0.05) is 24.7 Å². The molecule has 4 aromatic rings. The van der Waals surface area contributed by atoms with Crippen LogP contribution in [0.3, 0.4) is 0 Å². The third-order valence-corrected chi connectivity index (χ3v) is 4.67. The Kier molecular flexibility index (Phi) is 4.96. The highest BCUT2D eigenvalue weighted by atomic mass is 19.3. The summed E-state index contributed by atoms with van der Waals surface area (Å²) in [5.41, 5.74) is 3.40. The molecule has 0 amide bonds. The molecule has 0 aliphatic heterocycles. The molecule has 146 valence electrons. The number of aromatic nitrogens is 3. The van der Waals surface area contributed by atoms with Crippen LogP contribution in [0.5, 0.6) is 5.75 Å². The number of imidazole rings is 1. The Morgan fingerprint density at radius 1 is 1.21 bits per heavy atom. The van der Waals surface area contributed by atoms with E-state index in [1.54, 1.807) is 6.07 Å². The molecule has 0 aliphatic rings. The van der Waals surface area contributed by atoms with Crippen LogP contribution in [0.2, 0.25) is 0 Å². The van der Waals surface area contributed by atoms with Crippen LogP contribution in [0.1, 0.15) is 11.4 Å². The normalized spacial score (nSPS) is 11.1. The minimum Gasteiger partial charge on any atom is -0.435 e. The lowest BCUT2D eigenvalue weighted by molar-refractivity contribution is -0.0497. The van der Waals surface area contributed by atoms with Gasteiger partial charge in [-0.05, 0) is 37.3 Å². The summed E-state index contributed by atoms with van der Waals surface area (Å²) < 4.78 is 31.7. The molecule has 0 fully saturated rings. The van der Waals surface area contributed by atoms with Crippen molar-refractivity contribution in [2.45, 2.75) is 20.1 Å². The first-order valence-electron chi connectivity index (χ1n) is 9.00. The maximum atomic E-state index is 12.6. The first kappa shape index (κ1) is 18.6. The second kappa shape index (κ2) is 7.72. The van der Waals surface area contributed by atoms with Crippen molar-refractivity contribution in [2.75, 3.05) is 11.9 Å². The number of rotatable bonds is 6. The Bertz CT molecular complexity index is 1230. The molecule has 2 heterocycles. The molecule has 0 bridgehead atoms. The van der Waals surface area contributed by atoms with E-state index in [4.69, 9.17) is 0 Å². The average Bonchev–Trinajstić information content (AvgIpc) is 3.03. The van der Waals surface area contributed by atoms with Gasteiger partial charge in [0.05, 0.1) is 27.8 Å². The number of nitriles is 1. The number of benzene rings is 2. The maximum Gasteiger partial charge on any atom is 0.387 e. The summed E-state index contributed by atoms with van der Waals surface area (Å²) >= 11 is 0. The molecule has 2 aromatic heterocycles. The molecule has 0 saturated heterocycles. The fourth-order valence-electron chi connectivity index (χ4n) is 3.39. The summed E-state index contributed by atoms with van der Waals surface area (Å²) in [6, 6.07) is 14.5. The monoisotopic (exact) mass is 393 g/mol. The zero-order chi connectivity index (χ0) is 20.4. The highest BCUT2D eigenvalue weighted by Crippen LogP contribution is 2.29. The molecule has 0 spiro atoms. The van der Waals surface area contributed by atoms with E-state index in [-0.39, 0.29) is 5.75 Å². The minimum atomic E-state index is -2.92. The van der Waals surface area contributed by atoms with Crippen LogP contribution in [0.4, 0.5) is 14.5 Å². The van der Waals surface area contributed by atoms with Crippen molar-refractivity contribution < 1.29 is 13.5 Å². The first-order chi connectivity index (χ1) is 14.1. The predicted molar refractivity (Wildman–Crippen MR) is 106 cm³/mol. The molecule has 0 saturated carbocycles. The van der Waals surface area contributed by atoms with E-state index in [1.165, 1.54) is 18.3 Å². The van der Waals surface area contributed by atoms with Crippen LogP contribution in [-0.2, 0) is 6.54 Å². The SMILES string of the molecule is Cc1nc2ccccc2n1CCNc1c(C#N)cnc2ccc(OC(F)F)cc12. The van der Waals surface area contributed by atoms with E-state index < -0.39 is 6.61 Å². The molecule has 0 aliphatic carbocycles. The van der Waals surface area contributed by atoms with Crippen molar-refractivity contribution in [3.8, 4) is 11.8 Å². The topological polar surface area (TPSA) is 75.8 Å². The van der Waals surface area contributed by atoms with Crippen LogP contribution in [-0.4, -0.2) is 27.7 Å². The number of nitrogens with one attached hydrogen (secondary N) is 1. The summed E-state index contributed by atoms with van der Waals surface area (Å²) in [5.74, 6) is 0.907. The second-order valence-electron chi connectivity index (χ2n) is 6.44. The molecule has 8 heteroatoms. The van der Waals surface area contributed by atoms with E-state index in [0.29, 0.717) is 35.2 Å². The molecule has 0 radical (unpaired) electrons. The summed E-state index contributed by atoms with van der Waals surface area (Å²) in [7, 11) is 0. The number of para-hydroxylation sites is 2. The van der Waals surface area contributed by atoms with Crippen molar-refractivity contribution in [1.82, 2.24) is 14.5 Å². The molecule has 6 nitrogen and oxygen atoms in total. The fraction of sp³-hybridized carbons (Fsp3) is 0.190. The third-order valence-electron chi connectivity index (χ3n) is 4.67. The standard InChI is InChI=1S/C21H17F2N5O/c1-13-27-18-4-2-3-5-19(18)28(13)9-8-25-20-14(11-24)12-26-17-7-6-15(10-16(17)20)29-21(22)23/h2-7,10,12,21H,8-9H2,1H3,(H,25,26). The van der Waals surface area contributed by atoms with Crippen LogP contribution in [0.25, 0.3) is 21.9 Å². The van der Waals surface area contributed by atoms with Gasteiger partial charge in [0.1, 0.15) is 17.6 Å². The summed E-state index contributed by atoms with van der Waals surface area (Å²) in [5, 5.41) is 13.3. The van der Waals surface area contributed by atoms with Gasteiger partial charge in [-0.15, -0.1) is 0 Å². The smallest absolute Gasteiger partial charge is 0.387 e. The van der Waals surface area contributed by atoms with Gasteiger partial charge < -0.3 is 14.6 Å². The number of hydrogen-bond donors (Lipinski definition) is 1. The number of alkyl halides is 2. The van der Waals surface area contributed by atoms with Crippen LogP contribution < -0.4 is 10.1 Å². The van der Waals surface area contributed by atoms with E-state index in [0.717, 1.165) is 16.9 Å². The van der Waals surface area contributed by atoms with Crippen molar-refractivity contribution in [3.05, 3.63) is 60.0 Å². The number of ether oxygens (including phenoxy) is 1. The minimum absolute atomic E-state index is 0.0175. The largest absolute Gasteiger partial charge is 0.435 e. The number of fused-ring (bicyclic) bond motifs is 2. The van der Waals surface area contributed by atoms with Gasteiger partial charge in [-0.25, -0.2) is 4.98 Å². The lowest BCUT2D eigenvalue weighted by Crippen LogP contribution is -2.13. The predicted octanol–water partition coefficient (Wildman–Crippen LogP) is 4.48. The lowest BCUT2D eigenvalue weighted by atomic mass is 10.1. The molecule has 29 heavy (non-hydrogen) atoms. The molecule has 0 atom stereocenters. The van der Waals surface area contributed by atoms with E-state index in [9.17, 15) is 14.0 Å². The first-order valence-corrected chi connectivity index (χ1v) is 9.00. The fourth-order valence-corrected chi connectivity index (χ4v) is 3.39. The number of pyridine rings is 1. The molecule has 2 aromatic carbocycles. The van der Waals surface area contributed by atoms with Gasteiger partial charge in [0.15, 0.2) is 0 Å². The lowest BCUT2D eigenvalue weighted by Gasteiger charge is -2.14. The molecule has 1 N–H and O–H groups in total. The maximum absolute atomic E-state index is 12.6. The molecule has 0 unspecified atom stereocenters. The highest BCUT2D eigenvalue weighted by molar-refractivity contribution is 5.94. The quantitative estimate of drug-likeness (QED) is 0.523. The van der Waals surface area contributed by atoms with E-state index in [2.05, 4.69) is 30.7 Å². The summed E-state index contributed by atoms with van der Waals surface area (Å²) in [6.07, 6.45) is 1.47. The van der Waals surface area contributed by atoms with Crippen LogP contribution in [0, 0.1) is 18.3 Å². The van der Waals surface area contributed by atoms with Crippen molar-refractivity contribution in [3.63, 3.8) is 0 Å².